The van der Waals surface area contributed by atoms with Crippen LogP contribution in [-0.4, -0.2) is 198 Å². The first-order valence-corrected chi connectivity index (χ1v) is 48.5. The molecule has 40 nitrogen and oxygen atoms in total. The second-order valence-electron chi connectivity index (χ2n) is 32.3. The van der Waals surface area contributed by atoms with Crippen LogP contribution >= 0.6 is 34.0 Å². The number of nitrogens with two attached hydrogens (primary N) is 11. The van der Waals surface area contributed by atoms with E-state index in [0.717, 1.165) is 37.0 Å². The number of rotatable bonds is 57. The van der Waals surface area contributed by atoms with Crippen molar-refractivity contribution in [2.75, 3.05) is 32.4 Å². The molecule has 0 radical (unpaired) electrons. The van der Waals surface area contributed by atoms with Gasteiger partial charge in [-0.1, -0.05) is 127 Å². The molecule has 8 amide bonds. The van der Waals surface area contributed by atoms with Gasteiger partial charge in [-0.05, 0) is 143 Å². The lowest BCUT2D eigenvalue weighted by molar-refractivity contribution is -0.132. The third-order valence-electron chi connectivity index (χ3n) is 21.1. The summed E-state index contributed by atoms with van der Waals surface area (Å²) in [5, 5.41) is 14.5. The fourth-order valence-corrected chi connectivity index (χ4v) is 18.0. The maximum absolute atomic E-state index is 14.0. The molecule has 0 aliphatic carbocycles. The Labute approximate surface area is 804 Å². The van der Waals surface area contributed by atoms with Crippen LogP contribution in [0.2, 0.25) is 0 Å². The highest BCUT2D eigenvalue weighted by Gasteiger charge is 2.37. The van der Waals surface area contributed by atoms with Gasteiger partial charge in [-0.3, -0.25) is 87.1 Å². The lowest BCUT2D eigenvalue weighted by Crippen LogP contribution is -2.47. The molecule has 0 aliphatic heterocycles. The number of aromatic nitrogens is 3. The molecule has 9 atom stereocenters. The third kappa shape index (κ3) is 40.5. The molecule has 44 heteroatoms. The number of para-hydroxylation sites is 3. The number of ketones is 6. The second-order valence-corrected chi connectivity index (χ2v) is 37.2. The van der Waals surface area contributed by atoms with E-state index in [2.05, 4.69) is 66.2 Å². The summed E-state index contributed by atoms with van der Waals surface area (Å²) >= 11 is 3.66. The minimum Gasteiger partial charge on any atom is -0.370 e. The van der Waals surface area contributed by atoms with Gasteiger partial charge in [0, 0.05) is 95.8 Å². The molecule has 9 rings (SSSR count). The number of primary amides is 3. The first-order valence-electron chi connectivity index (χ1n) is 44.2. The molecule has 0 bridgehead atoms. The number of fused-ring (bicyclic) bond motifs is 3. The van der Waals surface area contributed by atoms with E-state index in [1.807, 2.05) is 121 Å². The predicted octanol–water partition coefficient (Wildman–Crippen LogP) is 3.65. The van der Waals surface area contributed by atoms with Crippen molar-refractivity contribution in [2.45, 2.75) is 178 Å². The quantitative estimate of drug-likeness (QED) is 0.0112. The number of hydrogen-bond donors (Lipinski definition) is 17. The zero-order valence-corrected chi connectivity index (χ0v) is 79.4. The van der Waals surface area contributed by atoms with Gasteiger partial charge >= 0.3 is 0 Å². The highest BCUT2D eigenvalue weighted by molar-refractivity contribution is 7.88. The third-order valence-corrected chi connectivity index (χ3v) is 24.9. The largest absolute Gasteiger partial charge is 0.370 e. The van der Waals surface area contributed by atoms with E-state index < -0.39 is 134 Å². The second kappa shape index (κ2) is 56.8. The van der Waals surface area contributed by atoms with Crippen molar-refractivity contribution in [2.24, 2.45) is 101 Å². The van der Waals surface area contributed by atoms with Crippen molar-refractivity contribution in [1.82, 2.24) is 46.3 Å². The van der Waals surface area contributed by atoms with Gasteiger partial charge in [0.25, 0.3) is 0 Å². The van der Waals surface area contributed by atoms with Crippen LogP contribution in [-0.2, 0) is 82.0 Å². The molecule has 732 valence electrons. The van der Waals surface area contributed by atoms with Gasteiger partial charge in [-0.15, -0.1) is 34.0 Å². The van der Waals surface area contributed by atoms with E-state index in [1.54, 1.807) is 42.5 Å². The van der Waals surface area contributed by atoms with E-state index in [-0.39, 0.29) is 173 Å². The van der Waals surface area contributed by atoms with Crippen LogP contribution in [0, 0.1) is 17.8 Å². The van der Waals surface area contributed by atoms with E-state index in [1.165, 1.54) is 40.9 Å². The standard InChI is InChI=1S/C34H46N10O5S.C30H37N7O5S.C29H37N7O6S2/c35-28(46)16-15-23(42-29(47)14-6-7-17-40-33(36)37)26(45)20-22(19-21-9-2-1-3-10-21)31(49)43-25(12-8-18-41-34(38)39)30(48)32-44-24-11-4-5-13-27(24)50-32;1-18(38)35-21(13-14-26(31)40)24(39)17-20(16-19-8-3-2-4-9-19)28(42)36-23(11-7-15-34-30(32)33)27(41)29-37-22-10-5-6-12-25(22)43-29;1-44(41,42)36-20(13-14-25(30)38)23(37)17-19(16-18-8-3-2-4-9-18)27(40)34-22(11-7-15-33-29(31)32)26(39)28-35-21-10-5-6-12-24(21)43-28/h1-5,9-11,13,22-23,25H,6-8,12,14-20H2,(H2,35,46)(H,42,47)(H,43,49)(H4,36,37,40)(H4,38,39,41);2-6,8-10,12,20-21,23H,7,11,13-17H2,1H3,(H2,31,40)(H,35,38)(H,36,42)(H4,32,33,34);2-6,8-10,12,19-20,22,36H,7,11,13-17H2,1H3,(H2,30,38)(H,34,40)(H4,31,32,33). The molecule has 3 heterocycles. The lowest BCUT2D eigenvalue weighted by atomic mass is 9.89. The molecule has 0 aliphatic rings. The number of carbonyl (C=O) groups is 14. The summed E-state index contributed by atoms with van der Waals surface area (Å²) < 4.78 is 28.6. The monoisotopic (exact) mass is 1960 g/mol. The molecular formula is C93H120N24O16S4. The summed E-state index contributed by atoms with van der Waals surface area (Å²) in [6.45, 7) is 2.34. The van der Waals surface area contributed by atoms with Gasteiger partial charge in [0.2, 0.25) is 74.6 Å². The zero-order chi connectivity index (χ0) is 100. The Morgan fingerprint density at radius 3 is 0.891 bits per heavy atom. The number of unbranched alkanes of at least 4 members (excludes halogenated alkanes) is 1. The Kier molecular flexibility index (Phi) is 45.5. The average molecular weight is 1960 g/mol. The zero-order valence-electron chi connectivity index (χ0n) is 76.1. The van der Waals surface area contributed by atoms with Gasteiger partial charge in [0.15, 0.2) is 56.2 Å². The Bertz CT molecular complexity index is 5760. The van der Waals surface area contributed by atoms with Crippen molar-refractivity contribution in [3.05, 3.63) is 196 Å². The minimum absolute atomic E-state index is 0.0108. The smallest absolute Gasteiger partial charge is 0.224 e. The summed E-state index contributed by atoms with van der Waals surface area (Å²) in [6, 6.07) is 43.0. The minimum atomic E-state index is -3.82. The first kappa shape index (κ1) is 110. The van der Waals surface area contributed by atoms with E-state index >= 15 is 0 Å². The van der Waals surface area contributed by atoms with Crippen LogP contribution in [0.4, 0.5) is 0 Å². The number of sulfonamides is 1. The average Bonchev–Trinajstić information content (AvgIpc) is 1.81. The lowest BCUT2D eigenvalue weighted by Gasteiger charge is -2.24. The molecular weight excluding hydrogens is 1840 g/mol. The highest BCUT2D eigenvalue weighted by atomic mass is 32.2. The number of aliphatic imine (C=N–C) groups is 4. The maximum Gasteiger partial charge on any atom is 0.224 e. The van der Waals surface area contributed by atoms with Gasteiger partial charge < -0.3 is 89.7 Å². The number of thiazole rings is 3. The van der Waals surface area contributed by atoms with Crippen molar-refractivity contribution >= 4 is 180 Å². The Morgan fingerprint density at radius 1 is 0.328 bits per heavy atom. The van der Waals surface area contributed by atoms with Crippen molar-refractivity contribution in [3.8, 4) is 0 Å². The van der Waals surface area contributed by atoms with E-state index in [4.69, 9.17) is 63.1 Å². The first-order chi connectivity index (χ1) is 65.3. The number of nitrogens with one attached hydrogen (secondary N) is 6. The summed E-state index contributed by atoms with van der Waals surface area (Å²) in [5.41, 5.74) is 63.5. The van der Waals surface area contributed by atoms with E-state index in [9.17, 15) is 75.5 Å². The fourth-order valence-electron chi connectivity index (χ4n) is 14.3. The summed E-state index contributed by atoms with van der Waals surface area (Å²) in [5.74, 6) is -10.1. The summed E-state index contributed by atoms with van der Waals surface area (Å²) in [6.07, 6.45) is 2.78. The van der Waals surface area contributed by atoms with Crippen LogP contribution < -0.4 is 94.4 Å². The Hall–Kier alpha value is -14.2. The highest BCUT2D eigenvalue weighted by Crippen LogP contribution is 2.29. The molecule has 0 saturated heterocycles. The van der Waals surface area contributed by atoms with Crippen LogP contribution in [0.25, 0.3) is 30.6 Å². The Morgan fingerprint density at radius 2 is 0.606 bits per heavy atom. The summed E-state index contributed by atoms with van der Waals surface area (Å²) in [7, 11) is -3.82. The van der Waals surface area contributed by atoms with Crippen LogP contribution in [0.1, 0.15) is 169 Å². The van der Waals surface area contributed by atoms with Crippen molar-refractivity contribution in [3.63, 3.8) is 0 Å². The molecule has 9 unspecified atom stereocenters. The number of hydrogen-bond acceptors (Lipinski definition) is 26. The molecule has 9 aromatic rings. The maximum atomic E-state index is 14.0. The number of amides is 8. The Balaban J connectivity index is 0.000000281. The predicted molar refractivity (Wildman–Crippen MR) is 528 cm³/mol. The molecule has 0 spiro atoms. The molecule has 137 heavy (non-hydrogen) atoms. The summed E-state index contributed by atoms with van der Waals surface area (Å²) in [4.78, 5) is 211. The van der Waals surface area contributed by atoms with Crippen LogP contribution in [0.5, 0.6) is 0 Å². The number of benzene rings is 6. The molecule has 3 aromatic heterocycles. The molecule has 0 saturated carbocycles. The molecule has 0 fully saturated rings. The number of guanidine groups is 4. The molecule has 6 aromatic carbocycles. The number of nitrogens with zero attached hydrogens (tertiary/aromatic N) is 7. The van der Waals surface area contributed by atoms with Crippen LogP contribution in [0.3, 0.4) is 0 Å². The SMILES string of the molecule is CC(=O)NC(CCC(N)=O)C(=O)CC(Cc1ccccc1)C(=O)NC(CCCN=C(N)N)C(=O)c1nc2ccccc2s1.CS(=O)(=O)NC(CCC(N)=O)C(=O)CC(Cc1ccccc1)C(=O)NC(CCCN=C(N)N)C(=O)c1nc2ccccc2s1.NC(=O)CCC(NC(=O)CCCCN=C(N)N)C(=O)CC(Cc1ccccc1)C(=O)NC(CCCN=C(N)N)C(=O)c1nc2ccccc2s1. The van der Waals surface area contributed by atoms with Crippen LogP contribution in [0.15, 0.2) is 184 Å². The number of carbonyl (C=O) groups excluding carboxylic acids is 14. The van der Waals surface area contributed by atoms with E-state index in [0.29, 0.717) is 55.2 Å². The number of Topliss-reactive ketones (excluding diaryl/α,β-unsaturated/α-hetero) is 6. The normalized spacial score (nSPS) is 13.0. The molecule has 28 N–H and O–H groups in total. The topological polar surface area (TPSA) is 720 Å². The van der Waals surface area contributed by atoms with Crippen molar-refractivity contribution in [1.29, 1.82) is 0 Å². The van der Waals surface area contributed by atoms with Crippen molar-refractivity contribution < 1.29 is 75.5 Å². The van der Waals surface area contributed by atoms with Gasteiger partial charge in [-0.2, -0.15) is 0 Å². The van der Waals surface area contributed by atoms with Gasteiger partial charge in [0.05, 0.1) is 73.2 Å². The van der Waals surface area contributed by atoms with Gasteiger partial charge in [-0.25, -0.2) is 28.1 Å². The van der Waals surface area contributed by atoms with Gasteiger partial charge in [0.1, 0.15) is 0 Å². The fraction of sp³-hybridized carbons (Fsp3) is 0.387.